The lowest BCUT2D eigenvalue weighted by molar-refractivity contribution is -0.161. The third-order valence-electron chi connectivity index (χ3n) is 18.1. The summed E-state index contributed by atoms with van der Waals surface area (Å²) >= 11 is 0. The third kappa shape index (κ3) is 69.0. The number of esters is 4. The molecule has 0 radical (unpaired) electrons. The molecule has 0 spiro atoms. The molecule has 6 atom stereocenters. The predicted octanol–water partition coefficient (Wildman–Crippen LogP) is 22.3. The molecule has 0 saturated heterocycles. The summed E-state index contributed by atoms with van der Waals surface area (Å²) in [6, 6.07) is 0. The fourth-order valence-corrected chi connectivity index (χ4v) is 13.2. The van der Waals surface area contributed by atoms with Gasteiger partial charge >= 0.3 is 39.5 Å². The van der Waals surface area contributed by atoms with E-state index in [1.807, 2.05) is 0 Å². The van der Waals surface area contributed by atoms with Crippen LogP contribution in [0.15, 0.2) is 0 Å². The zero-order chi connectivity index (χ0) is 70.0. The number of phosphoric ester groups is 2. The van der Waals surface area contributed by atoms with Gasteiger partial charge < -0.3 is 33.8 Å². The average molecular weight is 1400 g/mol. The second-order valence-electron chi connectivity index (χ2n) is 28.1. The Hall–Kier alpha value is -1.94. The minimum atomic E-state index is -4.96. The van der Waals surface area contributed by atoms with Gasteiger partial charge in [-0.05, 0) is 37.5 Å². The molecular weight excluding hydrogens is 1250 g/mol. The van der Waals surface area contributed by atoms with Gasteiger partial charge in [0.15, 0.2) is 12.2 Å². The number of phosphoric acid groups is 2. The first kappa shape index (κ1) is 93.1. The molecule has 0 saturated carbocycles. The smallest absolute Gasteiger partial charge is 0.462 e. The molecule has 0 aromatic carbocycles. The molecule has 0 aliphatic heterocycles. The van der Waals surface area contributed by atoms with Gasteiger partial charge in [0, 0.05) is 25.7 Å². The van der Waals surface area contributed by atoms with Crippen molar-refractivity contribution in [1.29, 1.82) is 0 Å². The van der Waals surface area contributed by atoms with E-state index in [0.717, 1.165) is 102 Å². The molecule has 0 aliphatic rings. The van der Waals surface area contributed by atoms with Crippen LogP contribution in [0.5, 0.6) is 0 Å². The van der Waals surface area contributed by atoms with Crippen molar-refractivity contribution in [1.82, 2.24) is 0 Å². The number of carbonyl (C=O) groups is 4. The van der Waals surface area contributed by atoms with E-state index in [4.69, 9.17) is 37.0 Å². The molecular formula is C76H148O17P2. The Morgan fingerprint density at radius 1 is 0.305 bits per heavy atom. The summed E-state index contributed by atoms with van der Waals surface area (Å²) in [5.74, 6) is -0.605. The molecule has 0 aromatic rings. The minimum Gasteiger partial charge on any atom is -0.462 e. The van der Waals surface area contributed by atoms with E-state index in [0.29, 0.717) is 25.7 Å². The SMILES string of the molecule is CCCCCCCCCCCCCCCCCCCCCCCC(=O)O[C@H](COC(=O)CCCCCCCCCCCC(C)C)COP(=O)(O)OC[C@@H](O)COP(=O)(O)OC[C@@H](COC(=O)CCCCCCCCCCCC)OC(=O)CCCCCCCCCCC(C)CC. The van der Waals surface area contributed by atoms with Crippen molar-refractivity contribution in [3.05, 3.63) is 0 Å². The Kier molecular flexibility index (Phi) is 66.5. The first-order valence-electron chi connectivity index (χ1n) is 39.5. The zero-order valence-corrected chi connectivity index (χ0v) is 63.8. The molecule has 0 bridgehead atoms. The molecule has 17 nitrogen and oxygen atoms in total. The van der Waals surface area contributed by atoms with Crippen molar-refractivity contribution in [3.63, 3.8) is 0 Å². The summed E-state index contributed by atoms with van der Waals surface area (Å²) in [5, 5.41) is 10.6. The van der Waals surface area contributed by atoms with Crippen molar-refractivity contribution in [2.24, 2.45) is 11.8 Å². The number of aliphatic hydroxyl groups excluding tert-OH is 1. The molecule has 0 heterocycles. The van der Waals surface area contributed by atoms with Gasteiger partial charge in [-0.3, -0.25) is 37.3 Å². The zero-order valence-electron chi connectivity index (χ0n) is 62.0. The highest BCUT2D eigenvalue weighted by molar-refractivity contribution is 7.47. The van der Waals surface area contributed by atoms with Gasteiger partial charge in [-0.2, -0.15) is 0 Å². The number of carbonyl (C=O) groups excluding carboxylic acids is 4. The fourth-order valence-electron chi connectivity index (χ4n) is 11.6. The van der Waals surface area contributed by atoms with Crippen LogP contribution in [0, 0.1) is 11.8 Å². The van der Waals surface area contributed by atoms with Crippen LogP contribution >= 0.6 is 15.6 Å². The van der Waals surface area contributed by atoms with E-state index >= 15 is 0 Å². The lowest BCUT2D eigenvalue weighted by Crippen LogP contribution is -2.30. The van der Waals surface area contributed by atoms with Crippen LogP contribution in [0.4, 0.5) is 0 Å². The third-order valence-corrected chi connectivity index (χ3v) is 20.0. The Bertz CT molecular complexity index is 1840. The van der Waals surface area contributed by atoms with Crippen molar-refractivity contribution < 1.29 is 80.2 Å². The highest BCUT2D eigenvalue weighted by atomic mass is 31.2. The second-order valence-corrected chi connectivity index (χ2v) is 31.0. The quantitative estimate of drug-likeness (QED) is 0.0222. The summed E-state index contributed by atoms with van der Waals surface area (Å²) < 4.78 is 68.5. The Morgan fingerprint density at radius 3 is 0.800 bits per heavy atom. The van der Waals surface area contributed by atoms with Crippen molar-refractivity contribution in [2.45, 2.75) is 413 Å². The lowest BCUT2D eigenvalue weighted by atomic mass is 9.99. The minimum absolute atomic E-state index is 0.105. The van der Waals surface area contributed by atoms with Crippen LogP contribution in [-0.4, -0.2) is 96.7 Å². The van der Waals surface area contributed by atoms with Crippen molar-refractivity contribution >= 4 is 39.5 Å². The normalized spacial score (nSPS) is 14.3. The molecule has 564 valence electrons. The highest BCUT2D eigenvalue weighted by Crippen LogP contribution is 2.45. The number of rotatable bonds is 75. The van der Waals surface area contributed by atoms with Gasteiger partial charge in [0.1, 0.15) is 19.3 Å². The topological polar surface area (TPSA) is 237 Å². The van der Waals surface area contributed by atoms with Crippen molar-refractivity contribution in [3.8, 4) is 0 Å². The standard InChI is InChI=1S/C76H148O17P2/c1-7-10-12-14-16-18-20-21-22-23-24-25-26-27-28-29-30-34-42-48-54-60-75(80)92-71(64-87-74(79)59-53-47-41-35-31-32-38-44-50-56-68(4)5)66-90-94(82,83)88-62-70(77)63-89-95(84,85)91-67-72(65-86-73(78)58-52-46-40-33-19-17-15-13-11-8-2)93-76(81)61-55-49-43-37-36-39-45-51-57-69(6)9-3/h68-72,77H,7-67H2,1-6H3,(H,82,83)(H,84,85)/t69?,70-,71-,72-/m1/s1. The largest absolute Gasteiger partial charge is 0.472 e. The van der Waals surface area contributed by atoms with Gasteiger partial charge in [0.05, 0.1) is 26.4 Å². The fraction of sp³-hybridized carbons (Fsp3) is 0.947. The molecule has 3 unspecified atom stereocenters. The van der Waals surface area contributed by atoms with Crippen LogP contribution in [0.2, 0.25) is 0 Å². The summed E-state index contributed by atoms with van der Waals surface area (Å²) in [6.07, 6.45) is 55.6. The van der Waals surface area contributed by atoms with Gasteiger partial charge in [0.25, 0.3) is 0 Å². The van der Waals surface area contributed by atoms with Gasteiger partial charge in [-0.1, -0.05) is 343 Å². The van der Waals surface area contributed by atoms with Crippen LogP contribution < -0.4 is 0 Å². The summed E-state index contributed by atoms with van der Waals surface area (Å²) in [5.41, 5.74) is 0. The molecule has 0 aromatic heterocycles. The van der Waals surface area contributed by atoms with E-state index in [2.05, 4.69) is 41.5 Å². The Balaban J connectivity index is 5.19. The Morgan fingerprint density at radius 2 is 0.537 bits per heavy atom. The van der Waals surface area contributed by atoms with Gasteiger partial charge in [-0.15, -0.1) is 0 Å². The molecule has 95 heavy (non-hydrogen) atoms. The Labute approximate surface area is 581 Å². The lowest BCUT2D eigenvalue weighted by Gasteiger charge is -2.21. The second kappa shape index (κ2) is 67.9. The predicted molar refractivity (Wildman–Crippen MR) is 386 cm³/mol. The van der Waals surface area contributed by atoms with Crippen molar-refractivity contribution in [2.75, 3.05) is 39.6 Å². The maximum atomic E-state index is 13.1. The van der Waals surface area contributed by atoms with Crippen LogP contribution in [-0.2, 0) is 65.4 Å². The monoisotopic (exact) mass is 1400 g/mol. The number of hydrogen-bond acceptors (Lipinski definition) is 15. The molecule has 0 aliphatic carbocycles. The van der Waals surface area contributed by atoms with Crippen LogP contribution in [0.25, 0.3) is 0 Å². The first-order valence-corrected chi connectivity index (χ1v) is 42.5. The summed E-state index contributed by atoms with van der Waals surface area (Å²) in [7, 11) is -9.91. The average Bonchev–Trinajstić information content (AvgIpc) is 1.61. The summed E-state index contributed by atoms with van der Waals surface area (Å²) in [4.78, 5) is 72.7. The van der Waals surface area contributed by atoms with E-state index in [1.165, 1.54) is 212 Å². The van der Waals surface area contributed by atoms with Gasteiger partial charge in [0.2, 0.25) is 0 Å². The maximum absolute atomic E-state index is 13.1. The summed E-state index contributed by atoms with van der Waals surface area (Å²) in [6.45, 7) is 9.56. The van der Waals surface area contributed by atoms with E-state index in [-0.39, 0.29) is 25.7 Å². The molecule has 0 fully saturated rings. The molecule has 0 rings (SSSR count). The number of aliphatic hydroxyl groups is 1. The molecule has 0 amide bonds. The van der Waals surface area contributed by atoms with Gasteiger partial charge in [-0.25, -0.2) is 9.13 Å². The number of unbranched alkanes of at least 4 members (excludes halogenated alkanes) is 44. The molecule has 3 N–H and O–H groups in total. The molecule has 19 heteroatoms. The highest BCUT2D eigenvalue weighted by Gasteiger charge is 2.30. The van der Waals surface area contributed by atoms with E-state index in [1.54, 1.807) is 0 Å². The van der Waals surface area contributed by atoms with E-state index < -0.39 is 97.5 Å². The number of ether oxygens (including phenoxy) is 4. The van der Waals surface area contributed by atoms with Crippen LogP contribution in [0.1, 0.15) is 395 Å². The maximum Gasteiger partial charge on any atom is 0.472 e. The number of hydrogen-bond donors (Lipinski definition) is 3. The van der Waals surface area contributed by atoms with E-state index in [9.17, 15) is 43.2 Å². The first-order chi connectivity index (χ1) is 45.9. The van der Waals surface area contributed by atoms with Crippen LogP contribution in [0.3, 0.4) is 0 Å².